The van der Waals surface area contributed by atoms with Crippen LogP contribution in [-0.2, 0) is 11.2 Å². The molecule has 1 aromatic carbocycles. The van der Waals surface area contributed by atoms with Crippen LogP contribution in [0.5, 0.6) is 0 Å². The van der Waals surface area contributed by atoms with Crippen molar-refractivity contribution in [3.63, 3.8) is 0 Å². The number of hydrogen-bond donors (Lipinski definition) is 0. The molecule has 0 saturated heterocycles. The van der Waals surface area contributed by atoms with Crippen molar-refractivity contribution in [2.45, 2.75) is 18.2 Å². The third-order valence-electron chi connectivity index (χ3n) is 1.98. The minimum Gasteiger partial charge on any atom is -0.300 e. The maximum atomic E-state index is 11.1. The molecule has 0 unspecified atom stereocenters. The van der Waals surface area contributed by atoms with Crippen LogP contribution in [-0.4, -0.2) is 29.1 Å². The van der Waals surface area contributed by atoms with Gasteiger partial charge in [0, 0.05) is 22.9 Å². The van der Waals surface area contributed by atoms with Crippen molar-refractivity contribution >= 4 is 23.4 Å². The highest BCUT2D eigenvalue weighted by atomic mass is 32.2. The van der Waals surface area contributed by atoms with Gasteiger partial charge in [-0.1, -0.05) is 0 Å². The van der Waals surface area contributed by atoms with Gasteiger partial charge in [0.25, 0.3) is 5.69 Å². The van der Waals surface area contributed by atoms with E-state index in [1.807, 2.05) is 18.4 Å². The molecule has 0 spiro atoms. The molecule has 5 nitrogen and oxygen atoms in total. The topological polar surface area (TPSA) is 63.5 Å². The molecular weight excluding hydrogens is 240 g/mol. The van der Waals surface area contributed by atoms with Gasteiger partial charge in [-0.2, -0.15) is 0 Å². The van der Waals surface area contributed by atoms with E-state index < -0.39 is 4.92 Å². The Balaban J connectivity index is 3.09. The first-order valence-electron chi connectivity index (χ1n) is 5.02. The van der Waals surface area contributed by atoms with Crippen molar-refractivity contribution in [1.82, 2.24) is 4.31 Å². The Bertz CT molecular complexity index is 446. The molecule has 0 amide bonds. The first kappa shape index (κ1) is 13.7. The van der Waals surface area contributed by atoms with E-state index in [0.717, 1.165) is 4.90 Å². The molecule has 0 fully saturated rings. The second-order valence-corrected chi connectivity index (χ2v) is 5.21. The van der Waals surface area contributed by atoms with E-state index in [0.29, 0.717) is 5.56 Å². The quantitative estimate of drug-likeness (QED) is 0.458. The molecule has 6 heteroatoms. The van der Waals surface area contributed by atoms with Crippen molar-refractivity contribution in [3.8, 4) is 0 Å². The standard InChI is InChI=1S/C11H14N2O3S/c1-8(14)6-9-7-10(17-12(2)3)4-5-11(9)13(15)16/h4-5,7H,6H2,1-3H3. The fourth-order valence-electron chi connectivity index (χ4n) is 1.42. The number of rotatable bonds is 5. The summed E-state index contributed by atoms with van der Waals surface area (Å²) < 4.78 is 1.89. The zero-order chi connectivity index (χ0) is 13.0. The minimum absolute atomic E-state index is 0.00306. The number of carbonyl (C=O) groups is 1. The molecule has 0 bridgehead atoms. The van der Waals surface area contributed by atoms with Crippen LogP contribution in [0.15, 0.2) is 23.1 Å². The van der Waals surface area contributed by atoms with E-state index in [1.54, 1.807) is 12.1 Å². The summed E-state index contributed by atoms with van der Waals surface area (Å²) in [6, 6.07) is 4.83. The van der Waals surface area contributed by atoms with Crippen LogP contribution in [0.25, 0.3) is 0 Å². The summed E-state index contributed by atoms with van der Waals surface area (Å²) in [6.45, 7) is 1.43. The van der Waals surface area contributed by atoms with Crippen LogP contribution in [0.1, 0.15) is 12.5 Å². The van der Waals surface area contributed by atoms with E-state index in [-0.39, 0.29) is 17.9 Å². The average molecular weight is 254 g/mol. The van der Waals surface area contributed by atoms with Crippen LogP contribution < -0.4 is 0 Å². The van der Waals surface area contributed by atoms with Crippen LogP contribution in [0, 0.1) is 10.1 Å². The Hall–Kier alpha value is -1.40. The van der Waals surface area contributed by atoms with Crippen molar-refractivity contribution < 1.29 is 9.72 Å². The zero-order valence-electron chi connectivity index (χ0n) is 9.97. The normalized spacial score (nSPS) is 10.6. The number of hydrogen-bond acceptors (Lipinski definition) is 5. The molecule has 0 aliphatic rings. The van der Waals surface area contributed by atoms with Crippen LogP contribution in [0.2, 0.25) is 0 Å². The monoisotopic (exact) mass is 254 g/mol. The molecule has 0 saturated carbocycles. The van der Waals surface area contributed by atoms with Crippen molar-refractivity contribution in [3.05, 3.63) is 33.9 Å². The summed E-state index contributed by atoms with van der Waals surface area (Å²) in [6.07, 6.45) is 0.0954. The Morgan fingerprint density at radius 1 is 1.47 bits per heavy atom. The highest BCUT2D eigenvalue weighted by Gasteiger charge is 2.15. The van der Waals surface area contributed by atoms with E-state index >= 15 is 0 Å². The number of carbonyl (C=O) groups excluding carboxylic acids is 1. The molecule has 0 aromatic heterocycles. The summed E-state index contributed by atoms with van der Waals surface area (Å²) in [5.41, 5.74) is 0.470. The lowest BCUT2D eigenvalue weighted by Gasteiger charge is -2.09. The molecule has 17 heavy (non-hydrogen) atoms. The average Bonchev–Trinajstić information content (AvgIpc) is 2.15. The third-order valence-corrected chi connectivity index (χ3v) is 2.80. The van der Waals surface area contributed by atoms with E-state index in [2.05, 4.69) is 0 Å². The van der Waals surface area contributed by atoms with E-state index in [1.165, 1.54) is 24.9 Å². The number of Topliss-reactive ketones (excluding diaryl/α,β-unsaturated/α-hetero) is 1. The number of benzene rings is 1. The summed E-state index contributed by atoms with van der Waals surface area (Å²) in [4.78, 5) is 22.3. The molecule has 92 valence electrons. The predicted molar refractivity (Wildman–Crippen MR) is 67.0 cm³/mol. The number of ketones is 1. The highest BCUT2D eigenvalue weighted by Crippen LogP contribution is 2.27. The van der Waals surface area contributed by atoms with Crippen molar-refractivity contribution in [1.29, 1.82) is 0 Å². The van der Waals surface area contributed by atoms with E-state index in [4.69, 9.17) is 0 Å². The minimum atomic E-state index is -0.456. The highest BCUT2D eigenvalue weighted by molar-refractivity contribution is 7.97. The number of nitrogens with zero attached hydrogens (tertiary/aromatic N) is 2. The van der Waals surface area contributed by atoms with Crippen molar-refractivity contribution in [2.75, 3.05) is 14.1 Å². The summed E-state index contributed by atoms with van der Waals surface area (Å²) in [7, 11) is 3.77. The largest absolute Gasteiger partial charge is 0.300 e. The molecule has 1 rings (SSSR count). The van der Waals surface area contributed by atoms with Crippen LogP contribution in [0.3, 0.4) is 0 Å². The Kier molecular flexibility index (Phi) is 4.65. The number of nitro groups is 1. The lowest BCUT2D eigenvalue weighted by molar-refractivity contribution is -0.385. The summed E-state index contributed by atoms with van der Waals surface area (Å²) in [5.74, 6) is -0.0832. The molecule has 0 aliphatic carbocycles. The fourth-order valence-corrected chi connectivity index (χ4v) is 2.16. The second kappa shape index (κ2) is 5.79. The van der Waals surface area contributed by atoms with Crippen molar-refractivity contribution in [2.24, 2.45) is 0 Å². The first-order chi connectivity index (χ1) is 7.90. The molecule has 0 N–H and O–H groups in total. The van der Waals surface area contributed by atoms with Gasteiger partial charge in [-0.15, -0.1) is 0 Å². The van der Waals surface area contributed by atoms with E-state index in [9.17, 15) is 14.9 Å². The Labute approximate surface area is 104 Å². The Morgan fingerprint density at radius 2 is 2.12 bits per heavy atom. The summed E-state index contributed by atoms with van der Waals surface area (Å²) >= 11 is 1.46. The SMILES string of the molecule is CC(=O)Cc1cc(SN(C)C)ccc1[N+](=O)[O-]. The molecule has 0 heterocycles. The van der Waals surface area contributed by atoms with Gasteiger partial charge in [-0.05, 0) is 45.1 Å². The van der Waals surface area contributed by atoms with Crippen LogP contribution in [0.4, 0.5) is 5.69 Å². The predicted octanol–water partition coefficient (Wildman–Crippen LogP) is 2.29. The lowest BCUT2D eigenvalue weighted by Crippen LogP contribution is -2.03. The van der Waals surface area contributed by atoms with Gasteiger partial charge < -0.3 is 0 Å². The van der Waals surface area contributed by atoms with Gasteiger partial charge in [0.15, 0.2) is 0 Å². The maximum absolute atomic E-state index is 11.1. The van der Waals surface area contributed by atoms with Gasteiger partial charge in [-0.3, -0.25) is 19.2 Å². The Morgan fingerprint density at radius 3 is 2.59 bits per heavy atom. The van der Waals surface area contributed by atoms with Gasteiger partial charge >= 0.3 is 0 Å². The first-order valence-corrected chi connectivity index (χ1v) is 5.79. The maximum Gasteiger partial charge on any atom is 0.273 e. The molecule has 0 radical (unpaired) electrons. The molecule has 1 aromatic rings. The van der Waals surface area contributed by atoms with Gasteiger partial charge in [0.05, 0.1) is 4.92 Å². The lowest BCUT2D eigenvalue weighted by atomic mass is 10.1. The van der Waals surface area contributed by atoms with Gasteiger partial charge in [0.1, 0.15) is 5.78 Å². The van der Waals surface area contributed by atoms with Gasteiger partial charge in [-0.25, -0.2) is 0 Å². The molecule has 0 aliphatic heterocycles. The third kappa shape index (κ3) is 4.16. The van der Waals surface area contributed by atoms with Crippen LogP contribution >= 0.6 is 11.9 Å². The second-order valence-electron chi connectivity index (χ2n) is 3.83. The smallest absolute Gasteiger partial charge is 0.273 e. The fraction of sp³-hybridized carbons (Fsp3) is 0.364. The number of nitro benzene ring substituents is 1. The summed E-state index contributed by atoms with van der Waals surface area (Å²) in [5, 5.41) is 10.8. The molecular formula is C11H14N2O3S. The van der Waals surface area contributed by atoms with Gasteiger partial charge in [0.2, 0.25) is 0 Å². The zero-order valence-corrected chi connectivity index (χ0v) is 10.8. The molecule has 0 atom stereocenters.